The zero-order chi connectivity index (χ0) is 17.8. The van der Waals surface area contributed by atoms with E-state index >= 15 is 0 Å². The Kier molecular flexibility index (Phi) is 4.69. The van der Waals surface area contributed by atoms with Crippen molar-refractivity contribution in [2.24, 2.45) is 5.92 Å². The van der Waals surface area contributed by atoms with Crippen LogP contribution in [0.3, 0.4) is 0 Å². The van der Waals surface area contributed by atoms with E-state index in [9.17, 15) is 15.8 Å². The summed E-state index contributed by atoms with van der Waals surface area (Å²) in [5.41, 5.74) is 4.82. The van der Waals surface area contributed by atoms with E-state index in [2.05, 4.69) is 18.3 Å². The summed E-state index contributed by atoms with van der Waals surface area (Å²) in [4.78, 5) is 0. The van der Waals surface area contributed by atoms with Crippen LogP contribution in [0, 0.1) is 39.9 Å². The van der Waals surface area contributed by atoms with Crippen molar-refractivity contribution in [1.29, 1.82) is 15.8 Å². The molecule has 0 bridgehead atoms. The van der Waals surface area contributed by atoms with E-state index in [1.165, 1.54) is 0 Å². The summed E-state index contributed by atoms with van der Waals surface area (Å²) in [7, 11) is 0. The van der Waals surface area contributed by atoms with Gasteiger partial charge in [0.1, 0.15) is 18.2 Å². The van der Waals surface area contributed by atoms with Gasteiger partial charge in [0, 0.05) is 5.70 Å². The van der Waals surface area contributed by atoms with Crippen molar-refractivity contribution in [3.63, 3.8) is 0 Å². The fourth-order valence-corrected chi connectivity index (χ4v) is 3.60. The predicted octanol–water partition coefficient (Wildman–Crippen LogP) is 4.33. The molecule has 0 radical (unpaired) electrons. The molecule has 122 valence electrons. The van der Waals surface area contributed by atoms with Crippen molar-refractivity contribution < 1.29 is 0 Å². The Morgan fingerprint density at radius 1 is 1.12 bits per heavy atom. The number of hydrogen-bond donors (Lipinski definition) is 1. The maximum atomic E-state index is 9.70. The monoisotopic (exact) mass is 326 g/mol. The van der Waals surface area contributed by atoms with Crippen LogP contribution >= 0.6 is 0 Å². The molecule has 0 aromatic heterocycles. The topological polar surface area (TPSA) is 83.4 Å². The predicted molar refractivity (Wildman–Crippen MR) is 95.0 cm³/mol. The lowest BCUT2D eigenvalue weighted by Gasteiger charge is -2.33. The molecule has 2 aliphatic rings. The van der Waals surface area contributed by atoms with Crippen LogP contribution in [0.2, 0.25) is 0 Å². The first-order valence-electron chi connectivity index (χ1n) is 8.47. The normalized spacial score (nSPS) is 19.3. The minimum absolute atomic E-state index is 0.0471. The molecular formula is C21H18N4. The molecule has 1 aromatic carbocycles. The highest BCUT2D eigenvalue weighted by atomic mass is 14.9. The van der Waals surface area contributed by atoms with E-state index in [4.69, 9.17) is 0 Å². The number of benzene rings is 1. The van der Waals surface area contributed by atoms with Crippen molar-refractivity contribution in [3.05, 3.63) is 63.9 Å². The first kappa shape index (κ1) is 16.6. The Morgan fingerprint density at radius 2 is 1.84 bits per heavy atom. The molecule has 0 spiro atoms. The molecule has 3 rings (SSSR count). The second-order valence-corrected chi connectivity index (χ2v) is 6.30. The fourth-order valence-electron chi connectivity index (χ4n) is 3.60. The molecule has 4 nitrogen and oxygen atoms in total. The van der Waals surface area contributed by atoms with Gasteiger partial charge in [0.15, 0.2) is 5.57 Å². The van der Waals surface area contributed by atoms with Gasteiger partial charge in [0.25, 0.3) is 0 Å². The molecule has 0 saturated heterocycles. The Hall–Kier alpha value is -3.29. The standard InChI is InChI=1S/C21H18N4/c1-2-14-8-9-17-18(10-14)20(15-6-4-3-5-7-15)25-21(19(17)13-24)16(11-22)12-23/h3-7,14,25H,2,8-10H2,1H3/t14-/m0/s1. The zero-order valence-corrected chi connectivity index (χ0v) is 14.1. The molecule has 1 saturated carbocycles. The van der Waals surface area contributed by atoms with Gasteiger partial charge in [0.2, 0.25) is 0 Å². The number of hydrogen-bond acceptors (Lipinski definition) is 4. The summed E-state index contributed by atoms with van der Waals surface area (Å²) in [6, 6.07) is 16.0. The Labute approximate surface area is 148 Å². The highest BCUT2D eigenvalue weighted by molar-refractivity contribution is 5.79. The number of nitrogens with one attached hydrogen (secondary N) is 1. The summed E-state index contributed by atoms with van der Waals surface area (Å²) in [6.07, 6.45) is 3.85. The van der Waals surface area contributed by atoms with Crippen molar-refractivity contribution in [1.82, 2.24) is 5.32 Å². The Morgan fingerprint density at radius 3 is 2.44 bits per heavy atom. The van der Waals surface area contributed by atoms with Crippen LogP contribution in [0.5, 0.6) is 0 Å². The smallest absolute Gasteiger partial charge is 0.154 e. The molecule has 1 heterocycles. The van der Waals surface area contributed by atoms with E-state index in [0.29, 0.717) is 17.2 Å². The van der Waals surface area contributed by atoms with Gasteiger partial charge >= 0.3 is 0 Å². The number of rotatable bonds is 2. The fraction of sp³-hybridized carbons (Fsp3) is 0.286. The summed E-state index contributed by atoms with van der Waals surface area (Å²) in [5, 5.41) is 31.6. The Balaban J connectivity index is 2.26. The van der Waals surface area contributed by atoms with Crippen molar-refractivity contribution in [2.45, 2.75) is 32.6 Å². The van der Waals surface area contributed by atoms with Crippen molar-refractivity contribution in [2.75, 3.05) is 0 Å². The maximum absolute atomic E-state index is 9.70. The number of allylic oxidation sites excluding steroid dienone is 4. The highest BCUT2D eigenvalue weighted by Gasteiger charge is 2.32. The van der Waals surface area contributed by atoms with Gasteiger partial charge in [0.05, 0.1) is 11.3 Å². The van der Waals surface area contributed by atoms with Crippen LogP contribution in [0.15, 0.2) is 58.3 Å². The van der Waals surface area contributed by atoms with Gasteiger partial charge < -0.3 is 5.32 Å². The first-order chi connectivity index (χ1) is 12.2. The molecule has 1 fully saturated rings. The summed E-state index contributed by atoms with van der Waals surface area (Å²) in [6.45, 7) is 2.19. The molecule has 1 N–H and O–H groups in total. The number of fused-ring (bicyclic) bond motifs is 1. The van der Waals surface area contributed by atoms with E-state index in [0.717, 1.165) is 48.1 Å². The van der Waals surface area contributed by atoms with Gasteiger partial charge in [-0.25, -0.2) is 0 Å². The van der Waals surface area contributed by atoms with Crippen LogP contribution in [0.1, 0.15) is 38.2 Å². The molecule has 25 heavy (non-hydrogen) atoms. The number of nitrogens with zero attached hydrogens (tertiary/aromatic N) is 3. The molecule has 1 aliphatic heterocycles. The lowest BCUT2D eigenvalue weighted by atomic mass is 9.75. The van der Waals surface area contributed by atoms with Crippen LogP contribution in [-0.2, 0) is 0 Å². The minimum Gasteiger partial charge on any atom is -0.352 e. The molecule has 1 aliphatic carbocycles. The average molecular weight is 326 g/mol. The molecule has 0 amide bonds. The number of nitriles is 3. The van der Waals surface area contributed by atoms with Crippen LogP contribution in [-0.4, -0.2) is 0 Å². The number of dihydropyridines is 1. The van der Waals surface area contributed by atoms with E-state index in [1.54, 1.807) is 0 Å². The molecule has 0 unspecified atom stereocenters. The van der Waals surface area contributed by atoms with Gasteiger partial charge in [-0.2, -0.15) is 15.8 Å². The second kappa shape index (κ2) is 7.08. The highest BCUT2D eigenvalue weighted by Crippen LogP contribution is 2.43. The third kappa shape index (κ3) is 2.93. The van der Waals surface area contributed by atoms with Crippen molar-refractivity contribution in [3.8, 4) is 18.2 Å². The van der Waals surface area contributed by atoms with Crippen LogP contribution in [0.4, 0.5) is 0 Å². The summed E-state index contributed by atoms with van der Waals surface area (Å²) < 4.78 is 0. The van der Waals surface area contributed by atoms with E-state index in [1.807, 2.05) is 42.5 Å². The largest absolute Gasteiger partial charge is 0.352 e. The first-order valence-corrected chi connectivity index (χ1v) is 8.47. The maximum Gasteiger partial charge on any atom is 0.154 e. The van der Waals surface area contributed by atoms with Crippen molar-refractivity contribution >= 4 is 5.70 Å². The quantitative estimate of drug-likeness (QED) is 0.820. The van der Waals surface area contributed by atoms with Gasteiger partial charge in [-0.3, -0.25) is 0 Å². The minimum atomic E-state index is -0.0471. The summed E-state index contributed by atoms with van der Waals surface area (Å²) in [5.74, 6) is 0.594. The summed E-state index contributed by atoms with van der Waals surface area (Å²) >= 11 is 0. The lowest BCUT2D eigenvalue weighted by molar-refractivity contribution is 0.440. The SMILES string of the molecule is CC[C@H]1CCC2=C(C#N)C(=C(C#N)C#N)NC(c3ccccc3)=C2C1. The van der Waals surface area contributed by atoms with Gasteiger partial charge in [-0.05, 0) is 41.9 Å². The van der Waals surface area contributed by atoms with Crippen LogP contribution < -0.4 is 5.32 Å². The van der Waals surface area contributed by atoms with Gasteiger partial charge in [-0.1, -0.05) is 43.7 Å². The van der Waals surface area contributed by atoms with Gasteiger partial charge in [-0.15, -0.1) is 0 Å². The van der Waals surface area contributed by atoms with E-state index < -0.39 is 0 Å². The molecule has 1 aromatic rings. The van der Waals surface area contributed by atoms with E-state index in [-0.39, 0.29) is 5.57 Å². The molecule has 4 heteroatoms. The zero-order valence-electron chi connectivity index (χ0n) is 14.1. The second-order valence-electron chi connectivity index (χ2n) is 6.30. The average Bonchev–Trinajstić information content (AvgIpc) is 2.68. The molecular weight excluding hydrogens is 308 g/mol. The third-order valence-corrected chi connectivity index (χ3v) is 4.99. The Bertz CT molecular complexity index is 895. The van der Waals surface area contributed by atoms with Crippen LogP contribution in [0.25, 0.3) is 5.70 Å². The lowest BCUT2D eigenvalue weighted by Crippen LogP contribution is -2.26. The molecule has 1 atom stereocenters. The third-order valence-electron chi connectivity index (χ3n) is 4.99.